The van der Waals surface area contributed by atoms with Gasteiger partial charge in [-0.15, -0.1) is 0 Å². The highest BCUT2D eigenvalue weighted by Crippen LogP contribution is 2.47. The van der Waals surface area contributed by atoms with E-state index in [9.17, 15) is 5.11 Å². The van der Waals surface area contributed by atoms with Crippen molar-refractivity contribution in [2.45, 2.75) is 31.2 Å². The van der Waals surface area contributed by atoms with Crippen molar-refractivity contribution < 1.29 is 14.6 Å². The van der Waals surface area contributed by atoms with Gasteiger partial charge in [-0.3, -0.25) is 0 Å². The molecule has 0 unspecified atom stereocenters. The summed E-state index contributed by atoms with van der Waals surface area (Å²) in [6, 6.07) is 3.71. The zero-order valence-electron chi connectivity index (χ0n) is 9.74. The Morgan fingerprint density at radius 1 is 1.12 bits per heavy atom. The summed E-state index contributed by atoms with van der Waals surface area (Å²) in [5.41, 5.74) is 6.75. The van der Waals surface area contributed by atoms with Gasteiger partial charge in [-0.1, -0.05) is 12.8 Å². The van der Waals surface area contributed by atoms with E-state index in [0.717, 1.165) is 31.2 Å². The van der Waals surface area contributed by atoms with E-state index in [4.69, 9.17) is 15.2 Å². The standard InChI is InChI=1S/C13H17NO3/c14-13(5-1-2-6-13)9-3-4-10-12(11(9)15)17-8-7-16-10/h3-4,15H,1-2,5-8,14H2. The number of phenols is 1. The average Bonchev–Trinajstić information content (AvgIpc) is 2.78. The molecule has 0 spiro atoms. The van der Waals surface area contributed by atoms with Crippen LogP contribution in [0.15, 0.2) is 12.1 Å². The van der Waals surface area contributed by atoms with Gasteiger partial charge in [0.2, 0.25) is 5.75 Å². The van der Waals surface area contributed by atoms with E-state index in [-0.39, 0.29) is 5.75 Å². The van der Waals surface area contributed by atoms with Crippen LogP contribution < -0.4 is 15.2 Å². The van der Waals surface area contributed by atoms with Crippen molar-refractivity contribution in [3.05, 3.63) is 17.7 Å². The van der Waals surface area contributed by atoms with Crippen LogP contribution in [0.3, 0.4) is 0 Å². The monoisotopic (exact) mass is 235 g/mol. The fraction of sp³-hybridized carbons (Fsp3) is 0.538. The molecular formula is C13H17NO3. The van der Waals surface area contributed by atoms with Gasteiger partial charge in [0.25, 0.3) is 0 Å². The first-order valence-electron chi connectivity index (χ1n) is 6.12. The molecule has 92 valence electrons. The van der Waals surface area contributed by atoms with Crippen LogP contribution in [0.1, 0.15) is 31.2 Å². The van der Waals surface area contributed by atoms with E-state index < -0.39 is 5.54 Å². The SMILES string of the molecule is NC1(c2ccc3c(c2O)OCCO3)CCCC1. The zero-order valence-corrected chi connectivity index (χ0v) is 9.74. The molecule has 1 aliphatic carbocycles. The van der Waals surface area contributed by atoms with Gasteiger partial charge >= 0.3 is 0 Å². The van der Waals surface area contributed by atoms with Crippen LogP contribution in [-0.4, -0.2) is 18.3 Å². The molecule has 4 nitrogen and oxygen atoms in total. The van der Waals surface area contributed by atoms with E-state index in [0.29, 0.717) is 24.7 Å². The first-order chi connectivity index (χ1) is 8.21. The van der Waals surface area contributed by atoms with Crippen molar-refractivity contribution in [1.29, 1.82) is 0 Å². The zero-order chi connectivity index (χ0) is 11.9. The van der Waals surface area contributed by atoms with Gasteiger partial charge in [0, 0.05) is 11.1 Å². The van der Waals surface area contributed by atoms with Crippen LogP contribution in [0.2, 0.25) is 0 Å². The normalized spacial score (nSPS) is 21.5. The molecule has 0 aromatic heterocycles. The molecule has 17 heavy (non-hydrogen) atoms. The lowest BCUT2D eigenvalue weighted by Gasteiger charge is -2.28. The fourth-order valence-corrected chi connectivity index (χ4v) is 2.78. The summed E-state index contributed by atoms with van der Waals surface area (Å²) in [6.07, 6.45) is 4.06. The largest absolute Gasteiger partial charge is 0.504 e. The molecule has 1 heterocycles. The maximum absolute atomic E-state index is 10.3. The van der Waals surface area contributed by atoms with Crippen molar-refractivity contribution >= 4 is 0 Å². The topological polar surface area (TPSA) is 64.7 Å². The third-order valence-corrected chi connectivity index (χ3v) is 3.71. The van der Waals surface area contributed by atoms with Crippen LogP contribution in [0.4, 0.5) is 0 Å². The Labute approximate surface area is 100 Å². The van der Waals surface area contributed by atoms with Crippen LogP contribution >= 0.6 is 0 Å². The van der Waals surface area contributed by atoms with Gasteiger partial charge in [0.15, 0.2) is 11.5 Å². The number of hydrogen-bond acceptors (Lipinski definition) is 4. The van der Waals surface area contributed by atoms with Crippen molar-refractivity contribution in [2.24, 2.45) is 5.73 Å². The molecule has 3 N–H and O–H groups in total. The van der Waals surface area contributed by atoms with E-state index in [1.807, 2.05) is 12.1 Å². The molecule has 0 radical (unpaired) electrons. The Kier molecular flexibility index (Phi) is 2.40. The first-order valence-corrected chi connectivity index (χ1v) is 6.12. The number of ether oxygens (including phenoxy) is 2. The number of benzene rings is 1. The molecule has 0 amide bonds. The summed E-state index contributed by atoms with van der Waals surface area (Å²) in [5.74, 6) is 1.22. The predicted molar refractivity (Wildman–Crippen MR) is 63.4 cm³/mol. The number of fused-ring (bicyclic) bond motifs is 1. The molecular weight excluding hydrogens is 218 g/mol. The molecule has 0 atom stereocenters. The quantitative estimate of drug-likeness (QED) is 0.780. The lowest BCUT2D eigenvalue weighted by Crippen LogP contribution is -2.33. The molecule has 0 saturated heterocycles. The van der Waals surface area contributed by atoms with Gasteiger partial charge < -0.3 is 20.3 Å². The number of nitrogens with two attached hydrogens (primary N) is 1. The fourth-order valence-electron chi connectivity index (χ4n) is 2.78. The minimum atomic E-state index is -0.403. The molecule has 2 aliphatic rings. The third-order valence-electron chi connectivity index (χ3n) is 3.71. The molecule has 1 aromatic carbocycles. The summed E-state index contributed by atoms with van der Waals surface area (Å²) in [4.78, 5) is 0. The molecule has 4 heteroatoms. The van der Waals surface area contributed by atoms with Crippen LogP contribution in [0.25, 0.3) is 0 Å². The van der Waals surface area contributed by atoms with E-state index in [2.05, 4.69) is 0 Å². The van der Waals surface area contributed by atoms with Crippen molar-refractivity contribution in [3.63, 3.8) is 0 Å². The molecule has 1 aromatic rings. The average molecular weight is 235 g/mol. The smallest absolute Gasteiger partial charge is 0.203 e. The number of hydrogen-bond donors (Lipinski definition) is 2. The summed E-state index contributed by atoms with van der Waals surface area (Å²) < 4.78 is 10.9. The summed E-state index contributed by atoms with van der Waals surface area (Å²) >= 11 is 0. The van der Waals surface area contributed by atoms with Gasteiger partial charge in [-0.25, -0.2) is 0 Å². The number of rotatable bonds is 1. The van der Waals surface area contributed by atoms with Crippen LogP contribution in [-0.2, 0) is 5.54 Å². The molecule has 1 fully saturated rings. The van der Waals surface area contributed by atoms with E-state index in [1.165, 1.54) is 0 Å². The van der Waals surface area contributed by atoms with Gasteiger partial charge in [0.05, 0.1) is 0 Å². The maximum Gasteiger partial charge on any atom is 0.203 e. The second-order valence-electron chi connectivity index (χ2n) is 4.85. The lowest BCUT2D eigenvalue weighted by molar-refractivity contribution is 0.164. The van der Waals surface area contributed by atoms with Gasteiger partial charge in [0.1, 0.15) is 13.2 Å². The summed E-state index contributed by atoms with van der Waals surface area (Å²) in [5, 5.41) is 10.3. The van der Waals surface area contributed by atoms with Crippen LogP contribution in [0.5, 0.6) is 17.2 Å². The Balaban J connectivity index is 2.06. The minimum Gasteiger partial charge on any atom is -0.504 e. The Hall–Kier alpha value is -1.42. The third kappa shape index (κ3) is 1.63. The molecule has 1 aliphatic heterocycles. The lowest BCUT2D eigenvalue weighted by atomic mass is 9.88. The van der Waals surface area contributed by atoms with Crippen molar-refractivity contribution in [1.82, 2.24) is 0 Å². The van der Waals surface area contributed by atoms with E-state index in [1.54, 1.807) is 0 Å². The summed E-state index contributed by atoms with van der Waals surface area (Å²) in [6.45, 7) is 1.00. The predicted octanol–water partition coefficient (Wildman–Crippen LogP) is 1.89. The van der Waals surface area contributed by atoms with Crippen LogP contribution in [0, 0.1) is 0 Å². The second kappa shape index (κ2) is 3.81. The molecule has 0 bridgehead atoms. The Morgan fingerprint density at radius 2 is 1.82 bits per heavy atom. The number of phenolic OH excluding ortho intramolecular Hbond substituents is 1. The van der Waals surface area contributed by atoms with Crippen molar-refractivity contribution in [3.8, 4) is 17.2 Å². The summed E-state index contributed by atoms with van der Waals surface area (Å²) in [7, 11) is 0. The van der Waals surface area contributed by atoms with Gasteiger partial charge in [-0.05, 0) is 25.0 Å². The molecule has 3 rings (SSSR count). The maximum atomic E-state index is 10.3. The Bertz CT molecular complexity index is 439. The second-order valence-corrected chi connectivity index (χ2v) is 4.85. The minimum absolute atomic E-state index is 0.159. The Morgan fingerprint density at radius 3 is 2.59 bits per heavy atom. The van der Waals surface area contributed by atoms with Crippen molar-refractivity contribution in [2.75, 3.05) is 13.2 Å². The highest BCUT2D eigenvalue weighted by molar-refractivity contribution is 5.57. The first kappa shape index (κ1) is 10.7. The highest BCUT2D eigenvalue weighted by Gasteiger charge is 2.35. The van der Waals surface area contributed by atoms with E-state index >= 15 is 0 Å². The number of aromatic hydroxyl groups is 1. The molecule has 1 saturated carbocycles. The highest BCUT2D eigenvalue weighted by atomic mass is 16.6. The van der Waals surface area contributed by atoms with Gasteiger partial charge in [-0.2, -0.15) is 0 Å².